The average Bonchev–Trinajstić information content (AvgIpc) is 2.14. The molecular weight excluding hydrogens is 186 g/mol. The van der Waals surface area contributed by atoms with Gasteiger partial charge in [0, 0.05) is 37.9 Å². The molecule has 0 aliphatic carbocycles. The van der Waals surface area contributed by atoms with E-state index in [1.165, 1.54) is 5.56 Å². The van der Waals surface area contributed by atoms with Crippen molar-refractivity contribution in [2.75, 3.05) is 19.0 Å². The molecule has 1 aromatic rings. The molecule has 0 radical (unpaired) electrons. The zero-order valence-electron chi connectivity index (χ0n) is 10.3. The van der Waals surface area contributed by atoms with Crippen LogP contribution < -0.4 is 10.2 Å². The number of rotatable bonds is 3. The second-order valence-corrected chi connectivity index (χ2v) is 4.98. The maximum Gasteiger partial charge on any atom is 0.132 e. The lowest BCUT2D eigenvalue weighted by molar-refractivity contribution is 0.424. The predicted octanol–water partition coefficient (Wildman–Crippen LogP) is 2.04. The second-order valence-electron chi connectivity index (χ2n) is 4.98. The first-order valence-corrected chi connectivity index (χ1v) is 5.26. The molecule has 0 atom stereocenters. The van der Waals surface area contributed by atoms with Crippen molar-refractivity contribution in [1.82, 2.24) is 10.3 Å². The molecule has 0 saturated carbocycles. The van der Waals surface area contributed by atoms with Crippen LogP contribution in [-0.2, 0) is 6.54 Å². The number of pyridine rings is 1. The molecule has 3 heteroatoms. The SMILES string of the molecule is CN(C)c1ncccc1CNC(C)(C)C. The van der Waals surface area contributed by atoms with Crippen LogP contribution in [0.4, 0.5) is 5.82 Å². The molecule has 0 unspecified atom stereocenters. The van der Waals surface area contributed by atoms with Crippen LogP contribution in [0.2, 0.25) is 0 Å². The minimum Gasteiger partial charge on any atom is -0.362 e. The minimum atomic E-state index is 0.138. The molecule has 84 valence electrons. The Kier molecular flexibility index (Phi) is 3.69. The Balaban J connectivity index is 2.76. The number of nitrogens with one attached hydrogen (secondary N) is 1. The fourth-order valence-electron chi connectivity index (χ4n) is 1.33. The van der Waals surface area contributed by atoms with E-state index in [9.17, 15) is 0 Å². The highest BCUT2D eigenvalue weighted by atomic mass is 15.1. The van der Waals surface area contributed by atoms with Gasteiger partial charge in [0.2, 0.25) is 0 Å². The van der Waals surface area contributed by atoms with E-state index in [0.29, 0.717) is 0 Å². The van der Waals surface area contributed by atoms with Crippen LogP contribution in [0.15, 0.2) is 18.3 Å². The number of anilines is 1. The van der Waals surface area contributed by atoms with Gasteiger partial charge in [-0.15, -0.1) is 0 Å². The maximum atomic E-state index is 4.36. The van der Waals surface area contributed by atoms with Crippen molar-refractivity contribution in [1.29, 1.82) is 0 Å². The van der Waals surface area contributed by atoms with E-state index in [2.05, 4.69) is 37.1 Å². The largest absolute Gasteiger partial charge is 0.362 e. The summed E-state index contributed by atoms with van der Waals surface area (Å²) in [6, 6.07) is 4.09. The van der Waals surface area contributed by atoms with E-state index in [1.54, 1.807) is 0 Å². The summed E-state index contributed by atoms with van der Waals surface area (Å²) < 4.78 is 0. The van der Waals surface area contributed by atoms with E-state index in [1.807, 2.05) is 31.3 Å². The topological polar surface area (TPSA) is 28.2 Å². The van der Waals surface area contributed by atoms with Crippen molar-refractivity contribution in [2.45, 2.75) is 32.9 Å². The molecule has 0 aliphatic rings. The summed E-state index contributed by atoms with van der Waals surface area (Å²) in [6.45, 7) is 7.35. The van der Waals surface area contributed by atoms with Crippen molar-refractivity contribution >= 4 is 5.82 Å². The normalized spacial score (nSPS) is 11.5. The Morgan fingerprint density at radius 2 is 2.00 bits per heavy atom. The molecule has 3 nitrogen and oxygen atoms in total. The zero-order valence-corrected chi connectivity index (χ0v) is 10.3. The molecular formula is C12H21N3. The molecule has 0 bridgehead atoms. The molecule has 1 N–H and O–H groups in total. The van der Waals surface area contributed by atoms with Crippen LogP contribution in [0.3, 0.4) is 0 Å². The molecule has 0 amide bonds. The van der Waals surface area contributed by atoms with E-state index in [4.69, 9.17) is 0 Å². The van der Waals surface area contributed by atoms with Gasteiger partial charge < -0.3 is 10.2 Å². The van der Waals surface area contributed by atoms with Crippen LogP contribution in [-0.4, -0.2) is 24.6 Å². The zero-order chi connectivity index (χ0) is 11.5. The van der Waals surface area contributed by atoms with Gasteiger partial charge in [0.15, 0.2) is 0 Å². The van der Waals surface area contributed by atoms with Crippen LogP contribution in [0.5, 0.6) is 0 Å². The molecule has 1 aromatic heterocycles. The van der Waals surface area contributed by atoms with Crippen LogP contribution in [0.1, 0.15) is 26.3 Å². The summed E-state index contributed by atoms with van der Waals surface area (Å²) >= 11 is 0. The van der Waals surface area contributed by atoms with Gasteiger partial charge in [-0.05, 0) is 26.8 Å². The van der Waals surface area contributed by atoms with Gasteiger partial charge in [0.1, 0.15) is 5.82 Å². The first-order chi connectivity index (χ1) is 6.90. The lowest BCUT2D eigenvalue weighted by Gasteiger charge is -2.22. The van der Waals surface area contributed by atoms with Gasteiger partial charge in [-0.2, -0.15) is 0 Å². The van der Waals surface area contributed by atoms with Gasteiger partial charge >= 0.3 is 0 Å². The van der Waals surface area contributed by atoms with Gasteiger partial charge in [0.05, 0.1) is 0 Å². The van der Waals surface area contributed by atoms with Crippen molar-refractivity contribution in [2.24, 2.45) is 0 Å². The lowest BCUT2D eigenvalue weighted by atomic mass is 10.1. The quantitative estimate of drug-likeness (QED) is 0.822. The molecule has 0 aliphatic heterocycles. The Labute approximate surface area is 92.5 Å². The second kappa shape index (κ2) is 4.62. The molecule has 1 rings (SSSR count). The van der Waals surface area contributed by atoms with Crippen molar-refractivity contribution in [3.8, 4) is 0 Å². The Morgan fingerprint density at radius 1 is 1.33 bits per heavy atom. The fraction of sp³-hybridized carbons (Fsp3) is 0.583. The number of aromatic nitrogens is 1. The first-order valence-electron chi connectivity index (χ1n) is 5.26. The predicted molar refractivity (Wildman–Crippen MR) is 65.2 cm³/mol. The summed E-state index contributed by atoms with van der Waals surface area (Å²) in [5.74, 6) is 1.04. The summed E-state index contributed by atoms with van der Waals surface area (Å²) in [5, 5.41) is 3.47. The van der Waals surface area contributed by atoms with E-state index >= 15 is 0 Å². The van der Waals surface area contributed by atoms with Crippen molar-refractivity contribution < 1.29 is 0 Å². The minimum absolute atomic E-state index is 0.138. The number of nitrogens with zero attached hydrogens (tertiary/aromatic N) is 2. The Hall–Kier alpha value is -1.09. The molecule has 15 heavy (non-hydrogen) atoms. The third kappa shape index (κ3) is 3.88. The van der Waals surface area contributed by atoms with E-state index < -0.39 is 0 Å². The van der Waals surface area contributed by atoms with E-state index in [0.717, 1.165) is 12.4 Å². The van der Waals surface area contributed by atoms with Gasteiger partial charge in [-0.1, -0.05) is 6.07 Å². The monoisotopic (exact) mass is 207 g/mol. The van der Waals surface area contributed by atoms with Crippen molar-refractivity contribution in [3.05, 3.63) is 23.9 Å². The molecule has 1 heterocycles. The van der Waals surface area contributed by atoms with Gasteiger partial charge in [-0.3, -0.25) is 0 Å². The van der Waals surface area contributed by atoms with Crippen LogP contribution in [0.25, 0.3) is 0 Å². The summed E-state index contributed by atoms with van der Waals surface area (Å²) in [6.07, 6.45) is 1.83. The van der Waals surface area contributed by atoms with Gasteiger partial charge in [-0.25, -0.2) is 4.98 Å². The maximum absolute atomic E-state index is 4.36. The number of hydrogen-bond donors (Lipinski definition) is 1. The van der Waals surface area contributed by atoms with Crippen LogP contribution >= 0.6 is 0 Å². The third-order valence-corrected chi connectivity index (χ3v) is 2.10. The summed E-state index contributed by atoms with van der Waals surface area (Å²) in [4.78, 5) is 6.41. The Morgan fingerprint density at radius 3 is 2.53 bits per heavy atom. The first kappa shape index (κ1) is 12.0. The fourth-order valence-corrected chi connectivity index (χ4v) is 1.33. The molecule has 0 spiro atoms. The van der Waals surface area contributed by atoms with E-state index in [-0.39, 0.29) is 5.54 Å². The lowest BCUT2D eigenvalue weighted by Crippen LogP contribution is -2.35. The smallest absolute Gasteiger partial charge is 0.132 e. The standard InChI is InChI=1S/C12H21N3/c1-12(2,3)14-9-10-7-6-8-13-11(10)15(4)5/h6-8,14H,9H2,1-5H3. The highest BCUT2D eigenvalue weighted by Crippen LogP contribution is 2.15. The van der Waals surface area contributed by atoms with Crippen LogP contribution in [0, 0.1) is 0 Å². The molecule has 0 aromatic carbocycles. The molecule has 0 fully saturated rings. The van der Waals surface area contributed by atoms with Crippen molar-refractivity contribution in [3.63, 3.8) is 0 Å². The highest BCUT2D eigenvalue weighted by Gasteiger charge is 2.11. The average molecular weight is 207 g/mol. The third-order valence-electron chi connectivity index (χ3n) is 2.10. The molecule has 0 saturated heterocycles. The van der Waals surface area contributed by atoms with Gasteiger partial charge in [0.25, 0.3) is 0 Å². The summed E-state index contributed by atoms with van der Waals surface area (Å²) in [5.41, 5.74) is 1.37. The summed E-state index contributed by atoms with van der Waals surface area (Å²) in [7, 11) is 4.03. The highest BCUT2D eigenvalue weighted by molar-refractivity contribution is 5.45. The Bertz CT molecular complexity index is 313. The number of hydrogen-bond acceptors (Lipinski definition) is 3.